The zero-order valence-corrected chi connectivity index (χ0v) is 9.84. The fraction of sp³-hybridized carbons (Fsp3) is 0.833. The second kappa shape index (κ2) is 3.98. The standard InChI is InChI=1S/C12H18N2O3/c15-9-6-10-11(16)14(12(17)13(10)7-9)8-4-2-1-3-5-8/h8-10,15H,1-7H2/t9-,10-/m1/s1. The van der Waals surface area contributed by atoms with Crippen LogP contribution in [-0.2, 0) is 4.79 Å². The molecule has 1 saturated carbocycles. The normalized spacial score (nSPS) is 34.6. The Morgan fingerprint density at radius 1 is 1.12 bits per heavy atom. The van der Waals surface area contributed by atoms with Gasteiger partial charge in [0.2, 0.25) is 0 Å². The van der Waals surface area contributed by atoms with Crippen molar-refractivity contribution in [2.45, 2.75) is 56.7 Å². The van der Waals surface area contributed by atoms with Crippen LogP contribution in [0.15, 0.2) is 0 Å². The summed E-state index contributed by atoms with van der Waals surface area (Å²) in [5, 5.41) is 9.50. The van der Waals surface area contributed by atoms with Crippen molar-refractivity contribution >= 4 is 11.9 Å². The summed E-state index contributed by atoms with van der Waals surface area (Å²) >= 11 is 0. The van der Waals surface area contributed by atoms with Crippen LogP contribution in [0.1, 0.15) is 38.5 Å². The Balaban J connectivity index is 1.79. The first-order valence-corrected chi connectivity index (χ1v) is 6.50. The highest BCUT2D eigenvalue weighted by molar-refractivity contribution is 6.05. The van der Waals surface area contributed by atoms with Gasteiger partial charge in [0.25, 0.3) is 5.91 Å². The maximum absolute atomic E-state index is 12.2. The maximum atomic E-state index is 12.2. The van der Waals surface area contributed by atoms with E-state index in [4.69, 9.17) is 0 Å². The van der Waals surface area contributed by atoms with Crippen molar-refractivity contribution in [3.63, 3.8) is 0 Å². The van der Waals surface area contributed by atoms with Gasteiger partial charge < -0.3 is 10.0 Å². The summed E-state index contributed by atoms with van der Waals surface area (Å²) in [6.07, 6.45) is 5.19. The molecule has 2 aliphatic heterocycles. The second-order valence-electron chi connectivity index (χ2n) is 5.34. The number of imide groups is 1. The van der Waals surface area contributed by atoms with Crippen LogP contribution in [0.3, 0.4) is 0 Å². The molecule has 2 saturated heterocycles. The van der Waals surface area contributed by atoms with Crippen molar-refractivity contribution in [2.24, 2.45) is 0 Å². The van der Waals surface area contributed by atoms with Crippen LogP contribution in [-0.4, -0.2) is 51.6 Å². The molecular weight excluding hydrogens is 220 g/mol. The van der Waals surface area contributed by atoms with E-state index in [-0.39, 0.29) is 24.0 Å². The van der Waals surface area contributed by atoms with Gasteiger partial charge in [-0.05, 0) is 12.8 Å². The molecule has 0 spiro atoms. The van der Waals surface area contributed by atoms with Crippen LogP contribution < -0.4 is 0 Å². The zero-order valence-electron chi connectivity index (χ0n) is 9.84. The van der Waals surface area contributed by atoms with E-state index < -0.39 is 6.10 Å². The molecule has 0 bridgehead atoms. The smallest absolute Gasteiger partial charge is 0.327 e. The molecule has 1 N–H and O–H groups in total. The van der Waals surface area contributed by atoms with Crippen molar-refractivity contribution in [1.82, 2.24) is 9.80 Å². The maximum Gasteiger partial charge on any atom is 0.327 e. The number of aliphatic hydroxyl groups excluding tert-OH is 1. The molecule has 0 unspecified atom stereocenters. The van der Waals surface area contributed by atoms with E-state index in [1.807, 2.05) is 0 Å². The third kappa shape index (κ3) is 1.64. The van der Waals surface area contributed by atoms with Gasteiger partial charge in [-0.2, -0.15) is 0 Å². The van der Waals surface area contributed by atoms with Crippen LogP contribution in [0, 0.1) is 0 Å². The van der Waals surface area contributed by atoms with Gasteiger partial charge in [0.05, 0.1) is 6.10 Å². The van der Waals surface area contributed by atoms with Crippen molar-refractivity contribution in [3.05, 3.63) is 0 Å². The topological polar surface area (TPSA) is 60.9 Å². The summed E-state index contributed by atoms with van der Waals surface area (Å²) < 4.78 is 0. The number of urea groups is 1. The molecule has 3 aliphatic rings. The van der Waals surface area contributed by atoms with Gasteiger partial charge in [0, 0.05) is 19.0 Å². The van der Waals surface area contributed by atoms with Crippen LogP contribution >= 0.6 is 0 Å². The first-order valence-electron chi connectivity index (χ1n) is 6.50. The predicted molar refractivity (Wildman–Crippen MR) is 60.2 cm³/mol. The fourth-order valence-electron chi connectivity index (χ4n) is 3.33. The Morgan fingerprint density at radius 2 is 1.82 bits per heavy atom. The molecule has 5 heteroatoms. The summed E-state index contributed by atoms with van der Waals surface area (Å²) in [7, 11) is 0. The van der Waals surface area contributed by atoms with Crippen molar-refractivity contribution < 1.29 is 14.7 Å². The molecule has 94 valence electrons. The quantitative estimate of drug-likeness (QED) is 0.685. The van der Waals surface area contributed by atoms with Crippen molar-refractivity contribution in [3.8, 4) is 0 Å². The Hall–Kier alpha value is -1.10. The third-order valence-corrected chi connectivity index (χ3v) is 4.19. The molecule has 0 aromatic rings. The molecule has 3 amide bonds. The summed E-state index contributed by atoms with van der Waals surface area (Å²) in [5.74, 6) is -0.0848. The molecule has 0 aromatic heterocycles. The Bertz CT molecular complexity index is 328. The minimum atomic E-state index is -0.526. The van der Waals surface area contributed by atoms with Gasteiger partial charge in [-0.15, -0.1) is 0 Å². The summed E-state index contributed by atoms with van der Waals surface area (Å²) in [6.45, 7) is 0.318. The van der Waals surface area contributed by atoms with Gasteiger partial charge in [-0.25, -0.2) is 4.79 Å². The second-order valence-corrected chi connectivity index (χ2v) is 5.34. The first-order chi connectivity index (χ1) is 8.18. The predicted octanol–water partition coefficient (Wildman–Crippen LogP) is 0.716. The average Bonchev–Trinajstić information content (AvgIpc) is 2.81. The Morgan fingerprint density at radius 3 is 2.47 bits per heavy atom. The van der Waals surface area contributed by atoms with E-state index in [1.54, 1.807) is 4.90 Å². The molecule has 5 nitrogen and oxygen atoms in total. The van der Waals surface area contributed by atoms with E-state index in [2.05, 4.69) is 0 Å². The average molecular weight is 238 g/mol. The van der Waals surface area contributed by atoms with Crippen LogP contribution in [0.25, 0.3) is 0 Å². The van der Waals surface area contributed by atoms with Gasteiger partial charge >= 0.3 is 6.03 Å². The molecule has 3 fully saturated rings. The van der Waals surface area contributed by atoms with Crippen LogP contribution in [0.2, 0.25) is 0 Å². The highest BCUT2D eigenvalue weighted by atomic mass is 16.3. The number of fused-ring (bicyclic) bond motifs is 1. The zero-order chi connectivity index (χ0) is 12.0. The lowest BCUT2D eigenvalue weighted by Gasteiger charge is -2.29. The summed E-state index contributed by atoms with van der Waals surface area (Å²) in [4.78, 5) is 27.4. The molecule has 0 aromatic carbocycles. The lowest BCUT2D eigenvalue weighted by molar-refractivity contribution is -0.130. The summed E-state index contributed by atoms with van der Waals surface area (Å²) in [5.41, 5.74) is 0. The number of rotatable bonds is 1. The lowest BCUT2D eigenvalue weighted by atomic mass is 9.94. The highest BCUT2D eigenvalue weighted by Crippen LogP contribution is 2.33. The van der Waals surface area contributed by atoms with Gasteiger partial charge in [-0.3, -0.25) is 9.69 Å². The van der Waals surface area contributed by atoms with E-state index in [9.17, 15) is 14.7 Å². The van der Waals surface area contributed by atoms with Gasteiger partial charge in [0.15, 0.2) is 0 Å². The molecule has 2 atom stereocenters. The van der Waals surface area contributed by atoms with E-state index in [1.165, 1.54) is 11.3 Å². The fourth-order valence-corrected chi connectivity index (χ4v) is 3.33. The molecule has 1 aliphatic carbocycles. The number of nitrogens with zero attached hydrogens (tertiary/aromatic N) is 2. The molecule has 0 radical (unpaired) electrons. The first kappa shape index (κ1) is 11.0. The number of amides is 3. The Kier molecular flexibility index (Phi) is 2.58. The van der Waals surface area contributed by atoms with Crippen LogP contribution in [0.4, 0.5) is 4.79 Å². The molecule has 2 heterocycles. The SMILES string of the molecule is O=C1[C@H]2C[C@@H](O)CN2C(=O)N1C1CCCCC1. The number of carbonyl (C=O) groups excluding carboxylic acids is 2. The molecular formula is C12H18N2O3. The monoisotopic (exact) mass is 238 g/mol. The third-order valence-electron chi connectivity index (χ3n) is 4.19. The highest BCUT2D eigenvalue weighted by Gasteiger charge is 2.52. The van der Waals surface area contributed by atoms with E-state index in [0.29, 0.717) is 13.0 Å². The number of hydrogen-bond donors (Lipinski definition) is 1. The molecule has 3 rings (SSSR count). The Labute approximate surface area is 100 Å². The minimum Gasteiger partial charge on any atom is -0.391 e. The number of aliphatic hydroxyl groups is 1. The number of hydrogen-bond acceptors (Lipinski definition) is 3. The van der Waals surface area contributed by atoms with Gasteiger partial charge in [-0.1, -0.05) is 19.3 Å². The van der Waals surface area contributed by atoms with E-state index >= 15 is 0 Å². The van der Waals surface area contributed by atoms with E-state index in [0.717, 1.165) is 25.7 Å². The largest absolute Gasteiger partial charge is 0.391 e. The summed E-state index contributed by atoms with van der Waals surface area (Å²) in [6, 6.07) is -0.464. The van der Waals surface area contributed by atoms with Crippen LogP contribution in [0.5, 0.6) is 0 Å². The lowest BCUT2D eigenvalue weighted by Crippen LogP contribution is -2.43. The van der Waals surface area contributed by atoms with Crippen molar-refractivity contribution in [2.75, 3.05) is 6.54 Å². The molecule has 17 heavy (non-hydrogen) atoms. The number of carbonyl (C=O) groups is 2. The minimum absolute atomic E-state index is 0.0848. The van der Waals surface area contributed by atoms with Crippen molar-refractivity contribution in [1.29, 1.82) is 0 Å². The van der Waals surface area contributed by atoms with Gasteiger partial charge in [0.1, 0.15) is 6.04 Å².